The summed E-state index contributed by atoms with van der Waals surface area (Å²) in [6, 6.07) is 9.28. The lowest BCUT2D eigenvalue weighted by Gasteiger charge is -2.03. The van der Waals surface area contributed by atoms with Gasteiger partial charge in [-0.3, -0.25) is 4.79 Å². The number of thiophene rings is 1. The monoisotopic (exact) mass is 293 g/mol. The lowest BCUT2D eigenvalue weighted by molar-refractivity contribution is -0.115. The van der Waals surface area contributed by atoms with Gasteiger partial charge in [0.25, 0.3) is 0 Å². The van der Waals surface area contributed by atoms with Gasteiger partial charge in [0.15, 0.2) is 0 Å². The number of halogens is 1. The third kappa shape index (κ3) is 3.42. The molecule has 0 fully saturated rings. The summed E-state index contributed by atoms with van der Waals surface area (Å²) < 4.78 is 18.0. The first-order valence-electron chi connectivity index (χ1n) is 5.81. The second kappa shape index (κ2) is 6.29. The quantitative estimate of drug-likeness (QED) is 0.882. The first-order valence-corrected chi connectivity index (χ1v) is 6.63. The maximum Gasteiger partial charge on any atom is 0.348 e. The van der Waals surface area contributed by atoms with E-state index >= 15 is 0 Å². The molecule has 20 heavy (non-hydrogen) atoms. The lowest BCUT2D eigenvalue weighted by Crippen LogP contribution is -2.14. The van der Waals surface area contributed by atoms with Gasteiger partial charge in [0.2, 0.25) is 5.91 Å². The third-order valence-corrected chi connectivity index (χ3v) is 3.54. The Hall–Kier alpha value is -2.21. The molecule has 6 heteroatoms. The van der Waals surface area contributed by atoms with E-state index in [1.807, 2.05) is 0 Å². The van der Waals surface area contributed by atoms with Crippen LogP contribution in [-0.4, -0.2) is 19.0 Å². The van der Waals surface area contributed by atoms with Crippen LogP contribution in [0.1, 0.15) is 15.2 Å². The van der Waals surface area contributed by atoms with Crippen molar-refractivity contribution in [3.8, 4) is 0 Å². The number of rotatable bonds is 4. The van der Waals surface area contributed by atoms with E-state index in [2.05, 4.69) is 10.1 Å². The predicted molar refractivity (Wildman–Crippen MR) is 74.4 cm³/mol. The van der Waals surface area contributed by atoms with E-state index in [1.54, 1.807) is 30.3 Å². The fraction of sp³-hybridized carbons (Fsp3) is 0.143. The van der Waals surface area contributed by atoms with Crippen LogP contribution in [0.15, 0.2) is 36.4 Å². The summed E-state index contributed by atoms with van der Waals surface area (Å²) in [7, 11) is 1.29. The van der Waals surface area contributed by atoms with Crippen LogP contribution in [0, 0.1) is 5.82 Å². The Bertz CT molecular complexity index is 639. The highest BCUT2D eigenvalue weighted by Crippen LogP contribution is 2.22. The van der Waals surface area contributed by atoms with E-state index < -0.39 is 11.8 Å². The minimum Gasteiger partial charge on any atom is -0.465 e. The molecule has 0 unspecified atom stereocenters. The number of anilines is 1. The van der Waals surface area contributed by atoms with E-state index in [9.17, 15) is 14.0 Å². The van der Waals surface area contributed by atoms with Crippen molar-refractivity contribution >= 4 is 28.2 Å². The molecule has 0 radical (unpaired) electrons. The number of amides is 1. The highest BCUT2D eigenvalue weighted by atomic mass is 32.1. The number of carbonyl (C=O) groups is 2. The van der Waals surface area contributed by atoms with Gasteiger partial charge in [-0.25, -0.2) is 9.18 Å². The third-order valence-electron chi connectivity index (χ3n) is 2.56. The van der Waals surface area contributed by atoms with Gasteiger partial charge in [-0.2, -0.15) is 0 Å². The number of esters is 1. The van der Waals surface area contributed by atoms with Gasteiger partial charge in [-0.15, -0.1) is 11.3 Å². The number of hydrogen-bond donors (Lipinski definition) is 1. The van der Waals surface area contributed by atoms with Gasteiger partial charge in [0.05, 0.1) is 18.5 Å². The van der Waals surface area contributed by atoms with Crippen molar-refractivity contribution in [2.45, 2.75) is 6.42 Å². The first-order chi connectivity index (χ1) is 9.60. The average Bonchev–Trinajstić information content (AvgIpc) is 2.89. The fourth-order valence-electron chi connectivity index (χ4n) is 1.61. The van der Waals surface area contributed by atoms with Gasteiger partial charge in [-0.1, -0.05) is 18.2 Å². The van der Waals surface area contributed by atoms with Crippen molar-refractivity contribution in [3.05, 3.63) is 52.7 Å². The molecule has 1 aromatic carbocycles. The molecule has 2 rings (SSSR count). The highest BCUT2D eigenvalue weighted by Gasteiger charge is 2.12. The second-order valence-electron chi connectivity index (χ2n) is 3.97. The Labute approximate surface area is 119 Å². The van der Waals surface area contributed by atoms with Gasteiger partial charge in [0.1, 0.15) is 10.7 Å². The van der Waals surface area contributed by atoms with Crippen LogP contribution in [0.5, 0.6) is 0 Å². The predicted octanol–water partition coefficient (Wildman–Crippen LogP) is 2.86. The molecule has 0 bridgehead atoms. The summed E-state index contributed by atoms with van der Waals surface area (Å²) in [5.41, 5.74) is 0.328. The maximum atomic E-state index is 13.4. The van der Waals surface area contributed by atoms with Crippen molar-refractivity contribution in [3.63, 3.8) is 0 Å². The standard InChI is InChI=1S/C14H12FNO3S/c1-19-14(18)11-6-7-13(20-11)16-12(17)8-9-4-2-3-5-10(9)15/h2-7H,8H2,1H3,(H,16,17). The van der Waals surface area contributed by atoms with Crippen molar-refractivity contribution in [2.24, 2.45) is 0 Å². The summed E-state index contributed by atoms with van der Waals surface area (Å²) in [5.74, 6) is -1.21. The minimum absolute atomic E-state index is 0.0574. The van der Waals surface area contributed by atoms with Crippen LogP contribution >= 0.6 is 11.3 Å². The largest absolute Gasteiger partial charge is 0.465 e. The average molecular weight is 293 g/mol. The molecular formula is C14H12FNO3S. The molecule has 0 aliphatic carbocycles. The van der Waals surface area contributed by atoms with Crippen LogP contribution in [0.4, 0.5) is 9.39 Å². The molecule has 104 valence electrons. The number of methoxy groups -OCH3 is 1. The Morgan fingerprint density at radius 1 is 1.25 bits per heavy atom. The molecule has 0 aliphatic heterocycles. The smallest absolute Gasteiger partial charge is 0.348 e. The van der Waals surface area contributed by atoms with Crippen molar-refractivity contribution < 1.29 is 18.7 Å². The summed E-state index contributed by atoms with van der Waals surface area (Å²) in [4.78, 5) is 23.5. The zero-order valence-electron chi connectivity index (χ0n) is 10.7. The van der Waals surface area contributed by atoms with Crippen LogP contribution in [-0.2, 0) is 16.0 Å². The number of ether oxygens (including phenoxy) is 1. The molecule has 1 amide bonds. The Morgan fingerprint density at radius 3 is 2.70 bits per heavy atom. The van der Waals surface area contributed by atoms with E-state index in [-0.39, 0.29) is 12.3 Å². The number of nitrogens with one attached hydrogen (secondary N) is 1. The number of hydrogen-bond acceptors (Lipinski definition) is 4. The summed E-state index contributed by atoms with van der Waals surface area (Å²) in [5, 5.41) is 3.14. The molecule has 0 aliphatic rings. The fourth-order valence-corrected chi connectivity index (χ4v) is 2.45. The summed E-state index contributed by atoms with van der Waals surface area (Å²) in [6.45, 7) is 0. The molecule has 1 heterocycles. The minimum atomic E-state index is -0.454. The molecule has 4 nitrogen and oxygen atoms in total. The van der Waals surface area contributed by atoms with E-state index in [1.165, 1.54) is 13.2 Å². The van der Waals surface area contributed by atoms with Gasteiger partial charge >= 0.3 is 5.97 Å². The molecule has 1 N–H and O–H groups in total. The Morgan fingerprint density at radius 2 is 2.00 bits per heavy atom. The topological polar surface area (TPSA) is 55.4 Å². The van der Waals surface area contributed by atoms with Crippen LogP contribution in [0.3, 0.4) is 0 Å². The highest BCUT2D eigenvalue weighted by molar-refractivity contribution is 7.18. The van der Waals surface area contributed by atoms with Gasteiger partial charge in [0, 0.05) is 0 Å². The second-order valence-corrected chi connectivity index (χ2v) is 5.06. The van der Waals surface area contributed by atoms with Crippen molar-refractivity contribution in [2.75, 3.05) is 12.4 Å². The number of carbonyl (C=O) groups excluding carboxylic acids is 2. The molecule has 0 saturated carbocycles. The van der Waals surface area contributed by atoms with Crippen LogP contribution in [0.25, 0.3) is 0 Å². The molecular weight excluding hydrogens is 281 g/mol. The van der Waals surface area contributed by atoms with E-state index in [4.69, 9.17) is 0 Å². The Balaban J connectivity index is 2.00. The van der Waals surface area contributed by atoms with Crippen molar-refractivity contribution in [1.29, 1.82) is 0 Å². The lowest BCUT2D eigenvalue weighted by atomic mass is 10.1. The first kappa shape index (κ1) is 14.2. The number of benzene rings is 1. The van der Waals surface area contributed by atoms with E-state index in [0.29, 0.717) is 15.4 Å². The normalized spacial score (nSPS) is 10.1. The zero-order valence-corrected chi connectivity index (χ0v) is 11.5. The van der Waals surface area contributed by atoms with Gasteiger partial charge in [-0.05, 0) is 23.8 Å². The maximum absolute atomic E-state index is 13.4. The summed E-state index contributed by atoms with van der Waals surface area (Å²) >= 11 is 1.11. The van der Waals surface area contributed by atoms with Gasteiger partial charge < -0.3 is 10.1 Å². The zero-order chi connectivity index (χ0) is 14.5. The molecule has 0 spiro atoms. The van der Waals surface area contributed by atoms with Crippen LogP contribution < -0.4 is 5.32 Å². The van der Waals surface area contributed by atoms with Crippen molar-refractivity contribution in [1.82, 2.24) is 0 Å². The van der Waals surface area contributed by atoms with E-state index in [0.717, 1.165) is 11.3 Å². The Kier molecular flexibility index (Phi) is 4.47. The van der Waals surface area contributed by atoms with Crippen LogP contribution in [0.2, 0.25) is 0 Å². The molecule has 1 aromatic heterocycles. The molecule has 2 aromatic rings. The summed E-state index contributed by atoms with van der Waals surface area (Å²) in [6.07, 6.45) is -0.0574. The molecule has 0 atom stereocenters. The molecule has 0 saturated heterocycles. The SMILES string of the molecule is COC(=O)c1ccc(NC(=O)Cc2ccccc2F)s1.